The lowest BCUT2D eigenvalue weighted by molar-refractivity contribution is 1.43. The molecule has 0 radical (unpaired) electrons. The molecule has 0 fully saturated rings. The molecule has 0 heterocycles. The van der Waals surface area contributed by atoms with Gasteiger partial charge >= 0.3 is 0 Å². The highest BCUT2D eigenvalue weighted by Gasteiger charge is 1.99. The van der Waals surface area contributed by atoms with Crippen molar-refractivity contribution in [3.8, 4) is 22.3 Å². The second-order valence-electron chi connectivity index (χ2n) is 7.42. The van der Waals surface area contributed by atoms with Crippen LogP contribution in [-0.2, 0) is 0 Å². The SMILES string of the molecule is Cc1ccc(-c2cccc(C)c2)cc1.Cc1cccc(-c2ccccc2C)c1. The van der Waals surface area contributed by atoms with Gasteiger partial charge in [-0.05, 0) is 55.5 Å². The summed E-state index contributed by atoms with van der Waals surface area (Å²) in [7, 11) is 0. The molecule has 0 atom stereocenters. The number of aryl methyl sites for hydroxylation is 4. The quantitative estimate of drug-likeness (QED) is 0.338. The molecule has 28 heavy (non-hydrogen) atoms. The van der Waals surface area contributed by atoms with E-state index in [1.54, 1.807) is 0 Å². The molecule has 0 saturated carbocycles. The van der Waals surface area contributed by atoms with E-state index < -0.39 is 0 Å². The van der Waals surface area contributed by atoms with E-state index in [0.717, 1.165) is 0 Å². The summed E-state index contributed by atoms with van der Waals surface area (Å²) in [6.45, 7) is 8.51. The summed E-state index contributed by atoms with van der Waals surface area (Å²) in [4.78, 5) is 0. The zero-order valence-electron chi connectivity index (χ0n) is 17.2. The Balaban J connectivity index is 0.000000161. The van der Waals surface area contributed by atoms with E-state index in [-0.39, 0.29) is 0 Å². The molecule has 0 saturated heterocycles. The fraction of sp³-hybridized carbons (Fsp3) is 0.143. The summed E-state index contributed by atoms with van der Waals surface area (Å²) in [5, 5.41) is 0. The van der Waals surface area contributed by atoms with Crippen LogP contribution >= 0.6 is 0 Å². The monoisotopic (exact) mass is 364 g/mol. The molecule has 0 amide bonds. The number of rotatable bonds is 2. The Bertz CT molecular complexity index is 1040. The van der Waals surface area contributed by atoms with Crippen LogP contribution in [0.5, 0.6) is 0 Å². The molecule has 0 unspecified atom stereocenters. The molecule has 0 aliphatic carbocycles. The van der Waals surface area contributed by atoms with Gasteiger partial charge in [0.05, 0.1) is 0 Å². The first-order valence-corrected chi connectivity index (χ1v) is 9.79. The first kappa shape index (κ1) is 19.6. The third kappa shape index (κ3) is 5.20. The van der Waals surface area contributed by atoms with E-state index in [1.165, 1.54) is 44.5 Å². The van der Waals surface area contributed by atoms with Crippen molar-refractivity contribution in [2.24, 2.45) is 0 Å². The van der Waals surface area contributed by atoms with E-state index in [2.05, 4.69) is 125 Å². The lowest BCUT2D eigenvalue weighted by Gasteiger charge is -2.05. The topological polar surface area (TPSA) is 0 Å². The van der Waals surface area contributed by atoms with Crippen molar-refractivity contribution in [3.63, 3.8) is 0 Å². The zero-order valence-corrected chi connectivity index (χ0v) is 17.2. The summed E-state index contributed by atoms with van der Waals surface area (Å²) in [6, 6.07) is 34.3. The van der Waals surface area contributed by atoms with Crippen LogP contribution in [0, 0.1) is 27.7 Å². The number of hydrogen-bond acceptors (Lipinski definition) is 0. The van der Waals surface area contributed by atoms with Crippen LogP contribution in [0.3, 0.4) is 0 Å². The lowest BCUT2D eigenvalue weighted by Crippen LogP contribution is -1.82. The van der Waals surface area contributed by atoms with Crippen molar-refractivity contribution in [2.75, 3.05) is 0 Å². The van der Waals surface area contributed by atoms with Crippen LogP contribution in [0.25, 0.3) is 22.3 Å². The molecule has 0 nitrogen and oxygen atoms in total. The van der Waals surface area contributed by atoms with Crippen LogP contribution in [0.1, 0.15) is 22.3 Å². The molecule has 0 bridgehead atoms. The molecule has 0 heteroatoms. The van der Waals surface area contributed by atoms with Gasteiger partial charge < -0.3 is 0 Å². The first-order valence-electron chi connectivity index (χ1n) is 9.79. The van der Waals surface area contributed by atoms with Gasteiger partial charge in [0.25, 0.3) is 0 Å². The minimum Gasteiger partial charge on any atom is -0.0620 e. The van der Waals surface area contributed by atoms with Crippen molar-refractivity contribution in [1.82, 2.24) is 0 Å². The average Bonchev–Trinajstić information content (AvgIpc) is 2.69. The normalized spacial score (nSPS) is 10.1. The van der Waals surface area contributed by atoms with Crippen molar-refractivity contribution >= 4 is 0 Å². The molecule has 4 rings (SSSR count). The highest BCUT2D eigenvalue weighted by atomic mass is 14.0. The van der Waals surface area contributed by atoms with Crippen LogP contribution in [-0.4, -0.2) is 0 Å². The van der Waals surface area contributed by atoms with Crippen LogP contribution < -0.4 is 0 Å². The van der Waals surface area contributed by atoms with Gasteiger partial charge in [-0.2, -0.15) is 0 Å². The number of benzene rings is 4. The molecule has 0 aliphatic rings. The fourth-order valence-corrected chi connectivity index (χ4v) is 3.28. The van der Waals surface area contributed by atoms with E-state index in [9.17, 15) is 0 Å². The van der Waals surface area contributed by atoms with E-state index in [4.69, 9.17) is 0 Å². The molecule has 0 spiro atoms. The Morgan fingerprint density at radius 1 is 0.393 bits per heavy atom. The van der Waals surface area contributed by atoms with Gasteiger partial charge in [0.1, 0.15) is 0 Å². The second kappa shape index (κ2) is 9.19. The summed E-state index contributed by atoms with van der Waals surface area (Å²) >= 11 is 0. The highest BCUT2D eigenvalue weighted by Crippen LogP contribution is 2.23. The molecular weight excluding hydrogens is 336 g/mol. The molecule has 0 N–H and O–H groups in total. The summed E-state index contributed by atoms with van der Waals surface area (Å²) in [6.07, 6.45) is 0. The van der Waals surface area contributed by atoms with E-state index in [1.807, 2.05) is 0 Å². The van der Waals surface area contributed by atoms with Crippen LogP contribution in [0.15, 0.2) is 97.1 Å². The predicted molar refractivity (Wildman–Crippen MR) is 123 cm³/mol. The zero-order chi connectivity index (χ0) is 19.9. The van der Waals surface area contributed by atoms with Crippen LogP contribution in [0.4, 0.5) is 0 Å². The Hall–Kier alpha value is -3.12. The molecule has 0 aromatic heterocycles. The standard InChI is InChI=1S/2C14H14/c1-11-6-5-8-13(10-11)14-9-4-3-7-12(14)2;1-11-6-8-13(9-7-11)14-5-3-4-12(2)10-14/h2*3-10H,1-2H3. The largest absolute Gasteiger partial charge is 0.0620 e. The number of hydrogen-bond donors (Lipinski definition) is 0. The smallest absolute Gasteiger partial charge is 0.0155 e. The van der Waals surface area contributed by atoms with Crippen molar-refractivity contribution < 1.29 is 0 Å². The maximum atomic E-state index is 2.22. The minimum atomic E-state index is 1.29. The predicted octanol–water partition coefficient (Wildman–Crippen LogP) is 7.94. The Labute approximate surface area is 169 Å². The second-order valence-corrected chi connectivity index (χ2v) is 7.42. The van der Waals surface area contributed by atoms with Gasteiger partial charge in [-0.15, -0.1) is 0 Å². The van der Waals surface area contributed by atoms with E-state index in [0.29, 0.717) is 0 Å². The van der Waals surface area contributed by atoms with Crippen molar-refractivity contribution in [3.05, 3.63) is 119 Å². The maximum Gasteiger partial charge on any atom is -0.0155 e. The van der Waals surface area contributed by atoms with Gasteiger partial charge in [-0.3, -0.25) is 0 Å². The van der Waals surface area contributed by atoms with Crippen molar-refractivity contribution in [2.45, 2.75) is 27.7 Å². The fourth-order valence-electron chi connectivity index (χ4n) is 3.28. The summed E-state index contributed by atoms with van der Waals surface area (Å²) in [5.74, 6) is 0. The third-order valence-electron chi connectivity index (χ3n) is 4.88. The minimum absolute atomic E-state index is 1.29. The average molecular weight is 365 g/mol. The maximum absolute atomic E-state index is 2.22. The Morgan fingerprint density at radius 2 is 0.964 bits per heavy atom. The van der Waals surface area contributed by atoms with Gasteiger partial charge in [-0.25, -0.2) is 0 Å². The molecule has 140 valence electrons. The third-order valence-corrected chi connectivity index (χ3v) is 4.88. The molecule has 4 aromatic rings. The molecule has 4 aromatic carbocycles. The van der Waals surface area contributed by atoms with E-state index >= 15 is 0 Å². The Morgan fingerprint density at radius 3 is 1.57 bits per heavy atom. The molecular formula is C28H28. The highest BCUT2D eigenvalue weighted by molar-refractivity contribution is 5.67. The van der Waals surface area contributed by atoms with Gasteiger partial charge in [0.15, 0.2) is 0 Å². The Kier molecular flexibility index (Phi) is 6.45. The summed E-state index contributed by atoms with van der Waals surface area (Å²) in [5.41, 5.74) is 10.5. The first-order chi connectivity index (χ1) is 13.5. The summed E-state index contributed by atoms with van der Waals surface area (Å²) < 4.78 is 0. The van der Waals surface area contributed by atoms with Gasteiger partial charge in [-0.1, -0.05) is 114 Å². The lowest BCUT2D eigenvalue weighted by atomic mass is 9.99. The van der Waals surface area contributed by atoms with Gasteiger partial charge in [0.2, 0.25) is 0 Å². The van der Waals surface area contributed by atoms with Crippen molar-refractivity contribution in [1.29, 1.82) is 0 Å². The van der Waals surface area contributed by atoms with Crippen LogP contribution in [0.2, 0.25) is 0 Å². The van der Waals surface area contributed by atoms with Gasteiger partial charge in [0, 0.05) is 0 Å². The molecule has 0 aliphatic heterocycles.